The molecule has 1 aliphatic carbocycles. The predicted molar refractivity (Wildman–Crippen MR) is 64.4 cm³/mol. The topological polar surface area (TPSA) is 25.8 Å². The van der Waals surface area contributed by atoms with Crippen LogP contribution in [0.2, 0.25) is 0 Å². The summed E-state index contributed by atoms with van der Waals surface area (Å²) in [5.41, 5.74) is 1.43. The molecule has 2 aromatic rings. The highest BCUT2D eigenvalue weighted by atomic mass is 32.1. The highest BCUT2D eigenvalue weighted by Gasteiger charge is 2.18. The maximum Gasteiger partial charge on any atom is 0.127 e. The van der Waals surface area contributed by atoms with Gasteiger partial charge in [0.1, 0.15) is 10.7 Å². The van der Waals surface area contributed by atoms with Gasteiger partial charge in [0, 0.05) is 16.7 Å². The molecule has 0 aromatic carbocycles. The van der Waals surface area contributed by atoms with Crippen molar-refractivity contribution in [2.24, 2.45) is 0 Å². The number of aromatic nitrogens is 2. The number of thiophene rings is 1. The van der Waals surface area contributed by atoms with E-state index in [4.69, 9.17) is 12.6 Å². The average molecular weight is 235 g/mol. The molecule has 0 aliphatic heterocycles. The molecule has 78 valence electrons. The van der Waals surface area contributed by atoms with E-state index in [0.29, 0.717) is 0 Å². The monoisotopic (exact) mass is 235 g/mol. The van der Waals surface area contributed by atoms with Crippen molar-refractivity contribution in [1.29, 1.82) is 0 Å². The van der Waals surface area contributed by atoms with Gasteiger partial charge in [-0.15, -0.1) is 11.3 Å². The quantitative estimate of drug-likeness (QED) is 0.561. The molecule has 1 aliphatic rings. The van der Waals surface area contributed by atoms with Crippen molar-refractivity contribution in [2.75, 3.05) is 0 Å². The molecular formula is C11H11N2S2-. The van der Waals surface area contributed by atoms with Crippen LogP contribution in [-0.4, -0.2) is 9.97 Å². The smallest absolute Gasteiger partial charge is 0.127 e. The molecular weight excluding hydrogens is 224 g/mol. The summed E-state index contributed by atoms with van der Waals surface area (Å²) in [5, 5.41) is 1.93. The summed E-state index contributed by atoms with van der Waals surface area (Å²) < 4.78 is 0. The fourth-order valence-electron chi connectivity index (χ4n) is 2.16. The van der Waals surface area contributed by atoms with E-state index in [2.05, 4.69) is 16.9 Å². The van der Waals surface area contributed by atoms with Crippen molar-refractivity contribution in [3.8, 4) is 0 Å². The van der Waals surface area contributed by atoms with Crippen LogP contribution in [0.1, 0.15) is 29.6 Å². The zero-order chi connectivity index (χ0) is 10.4. The second-order valence-electron chi connectivity index (χ2n) is 3.84. The number of nitrogens with zero attached hydrogens (tertiary/aromatic N) is 2. The molecule has 0 saturated carbocycles. The fraction of sp³-hybridized carbons (Fsp3) is 0.455. The molecule has 0 fully saturated rings. The van der Waals surface area contributed by atoms with E-state index in [0.717, 1.165) is 28.5 Å². The summed E-state index contributed by atoms with van der Waals surface area (Å²) in [6.45, 7) is 2.07. The van der Waals surface area contributed by atoms with Gasteiger partial charge in [0.15, 0.2) is 0 Å². The van der Waals surface area contributed by atoms with Gasteiger partial charge >= 0.3 is 0 Å². The van der Waals surface area contributed by atoms with Crippen molar-refractivity contribution in [2.45, 2.75) is 37.6 Å². The third-order valence-corrected chi connectivity index (χ3v) is 4.38. The Morgan fingerprint density at radius 3 is 3.00 bits per heavy atom. The first-order valence-electron chi connectivity index (χ1n) is 5.27. The summed E-state index contributed by atoms with van der Waals surface area (Å²) in [5.74, 6) is 0.882. The first kappa shape index (κ1) is 9.48. The van der Waals surface area contributed by atoms with Gasteiger partial charge in [-0.3, -0.25) is 4.98 Å². The van der Waals surface area contributed by atoms with E-state index < -0.39 is 0 Å². The van der Waals surface area contributed by atoms with Gasteiger partial charge in [-0.05, 0) is 24.8 Å². The summed E-state index contributed by atoms with van der Waals surface area (Å²) in [4.78, 5) is 11.5. The Labute approximate surface area is 98.2 Å². The predicted octanol–water partition coefficient (Wildman–Crippen LogP) is 2.65. The molecule has 4 heteroatoms. The Hall–Kier alpha value is -0.740. The molecule has 0 saturated heterocycles. The lowest BCUT2D eigenvalue weighted by Gasteiger charge is -2.09. The van der Waals surface area contributed by atoms with Gasteiger partial charge in [-0.25, -0.2) is 4.98 Å². The lowest BCUT2D eigenvalue weighted by Crippen LogP contribution is -1.95. The third-order valence-electron chi connectivity index (χ3n) is 2.89. The van der Waals surface area contributed by atoms with E-state index in [-0.39, 0.29) is 0 Å². The van der Waals surface area contributed by atoms with E-state index in [1.807, 2.05) is 11.3 Å². The molecule has 15 heavy (non-hydrogen) atoms. The molecule has 0 amide bonds. The van der Waals surface area contributed by atoms with Crippen LogP contribution < -0.4 is 0 Å². The Balaban J connectivity index is 2.34. The summed E-state index contributed by atoms with van der Waals surface area (Å²) in [6.07, 6.45) is 4.49. The highest BCUT2D eigenvalue weighted by Crippen LogP contribution is 2.37. The van der Waals surface area contributed by atoms with Crippen LogP contribution in [0.4, 0.5) is 0 Å². The maximum absolute atomic E-state index is 5.36. The number of hydrogen-bond acceptors (Lipinski definition) is 4. The van der Waals surface area contributed by atoms with Crippen LogP contribution >= 0.6 is 11.3 Å². The van der Waals surface area contributed by atoms with Crippen LogP contribution in [0.5, 0.6) is 0 Å². The second-order valence-corrected chi connectivity index (χ2v) is 5.31. The molecule has 0 radical (unpaired) electrons. The first-order valence-corrected chi connectivity index (χ1v) is 6.50. The van der Waals surface area contributed by atoms with Gasteiger partial charge in [0.05, 0.1) is 0 Å². The Kier molecular flexibility index (Phi) is 2.14. The number of hydrogen-bond donors (Lipinski definition) is 0. The number of fused-ring (bicyclic) bond motifs is 3. The van der Waals surface area contributed by atoms with Crippen molar-refractivity contribution >= 4 is 34.2 Å². The van der Waals surface area contributed by atoms with Crippen LogP contribution in [0, 0.1) is 0 Å². The minimum absolute atomic E-state index is 0.760. The Morgan fingerprint density at radius 1 is 1.33 bits per heavy atom. The fourth-order valence-corrected chi connectivity index (χ4v) is 3.83. The molecule has 2 heterocycles. The summed E-state index contributed by atoms with van der Waals surface area (Å²) in [7, 11) is 0. The van der Waals surface area contributed by atoms with Crippen molar-refractivity contribution in [3.05, 3.63) is 16.3 Å². The average Bonchev–Trinajstić information content (AvgIpc) is 2.75. The zero-order valence-corrected chi connectivity index (χ0v) is 10.2. The Bertz CT molecular complexity index is 531. The Morgan fingerprint density at radius 2 is 2.20 bits per heavy atom. The lowest BCUT2D eigenvalue weighted by molar-refractivity contribution is 0.904. The number of rotatable bonds is 1. The van der Waals surface area contributed by atoms with E-state index in [9.17, 15) is 0 Å². The van der Waals surface area contributed by atoms with Crippen molar-refractivity contribution < 1.29 is 0 Å². The van der Waals surface area contributed by atoms with Gasteiger partial charge < -0.3 is 12.6 Å². The summed E-state index contributed by atoms with van der Waals surface area (Å²) >= 11 is 7.17. The van der Waals surface area contributed by atoms with Crippen LogP contribution in [0.25, 0.3) is 10.2 Å². The van der Waals surface area contributed by atoms with E-state index in [1.165, 1.54) is 28.7 Å². The second kappa shape index (κ2) is 3.39. The standard InChI is InChI=1S/C11H12N2S2/c1-2-8-12-10(14)9-6-4-3-5-7(6)15-11(9)13-8/h2-5H2,1H3,(H,12,13,14)/p-1. The number of aryl methyl sites for hydroxylation is 3. The van der Waals surface area contributed by atoms with Crippen LogP contribution in [0.15, 0.2) is 5.03 Å². The molecule has 2 nitrogen and oxygen atoms in total. The highest BCUT2D eigenvalue weighted by molar-refractivity contribution is 7.59. The third kappa shape index (κ3) is 1.35. The zero-order valence-electron chi connectivity index (χ0n) is 8.54. The van der Waals surface area contributed by atoms with Crippen LogP contribution in [-0.2, 0) is 31.9 Å². The molecule has 3 rings (SSSR count). The molecule has 0 bridgehead atoms. The largest absolute Gasteiger partial charge is 0.759 e. The molecule has 0 spiro atoms. The first-order chi connectivity index (χ1) is 7.29. The maximum atomic E-state index is 5.36. The molecule has 2 aromatic heterocycles. The molecule has 0 atom stereocenters. The van der Waals surface area contributed by atoms with Gasteiger partial charge in [0.2, 0.25) is 0 Å². The summed E-state index contributed by atoms with van der Waals surface area (Å²) in [6, 6.07) is 0. The minimum atomic E-state index is 0.760. The van der Waals surface area contributed by atoms with Gasteiger partial charge in [-0.2, -0.15) is 0 Å². The normalized spacial score (nSPS) is 14.7. The molecule has 0 N–H and O–H groups in total. The van der Waals surface area contributed by atoms with E-state index in [1.54, 1.807) is 0 Å². The van der Waals surface area contributed by atoms with Crippen LogP contribution in [0.3, 0.4) is 0 Å². The van der Waals surface area contributed by atoms with Crippen molar-refractivity contribution in [3.63, 3.8) is 0 Å². The molecule has 0 unspecified atom stereocenters. The lowest BCUT2D eigenvalue weighted by atomic mass is 10.2. The van der Waals surface area contributed by atoms with E-state index >= 15 is 0 Å². The minimum Gasteiger partial charge on any atom is -0.759 e. The van der Waals surface area contributed by atoms with Gasteiger partial charge in [-0.1, -0.05) is 11.9 Å². The SMILES string of the molecule is CCc1nc([S-])c2c3c(sc2n1)CCC3. The van der Waals surface area contributed by atoms with Crippen molar-refractivity contribution in [1.82, 2.24) is 9.97 Å². The van der Waals surface area contributed by atoms with Gasteiger partial charge in [0.25, 0.3) is 0 Å².